The molecular weight excluding hydrogens is 384 g/mol. The summed E-state index contributed by atoms with van der Waals surface area (Å²) in [4.78, 5) is 0. The zero-order valence-electron chi connectivity index (χ0n) is 24.3. The number of hydrogen-bond acceptors (Lipinski definition) is 0. The molecule has 0 aromatic rings. The van der Waals surface area contributed by atoms with Crippen LogP contribution >= 0.6 is 0 Å². The van der Waals surface area contributed by atoms with Crippen molar-refractivity contribution in [3.63, 3.8) is 0 Å². The van der Waals surface area contributed by atoms with E-state index in [0.29, 0.717) is 0 Å². The zero-order valence-corrected chi connectivity index (χ0v) is 24.3. The Kier molecular flexibility index (Phi) is 10.7. The molecule has 0 aromatic heterocycles. The van der Waals surface area contributed by atoms with E-state index in [1.54, 1.807) is 0 Å². The molecule has 0 N–H and O–H groups in total. The second-order valence-corrected chi connectivity index (χ2v) is 14.0. The van der Waals surface area contributed by atoms with Crippen LogP contribution in [0.1, 0.15) is 122 Å². The lowest BCUT2D eigenvalue weighted by Gasteiger charge is -2.35. The SMILES string of the molecule is CC1CC(C)C(C)CC1C.CC1CC(C)C2C(C)CC(C)C12.CCC1C(C)CC(C)C1C. The van der Waals surface area contributed by atoms with E-state index in [1.165, 1.54) is 38.5 Å². The highest BCUT2D eigenvalue weighted by Crippen LogP contribution is 2.55. The van der Waals surface area contributed by atoms with Gasteiger partial charge < -0.3 is 0 Å². The molecule has 4 aliphatic carbocycles. The Labute approximate surface area is 204 Å². The molecule has 0 aliphatic heterocycles. The number of rotatable bonds is 1. The molecule has 0 amide bonds. The van der Waals surface area contributed by atoms with Crippen LogP contribution in [-0.4, -0.2) is 0 Å². The van der Waals surface area contributed by atoms with Gasteiger partial charge in [-0.15, -0.1) is 0 Å². The molecule has 4 fully saturated rings. The Hall–Kier alpha value is 0. The number of fused-ring (bicyclic) bond motifs is 1. The van der Waals surface area contributed by atoms with Gasteiger partial charge in [-0.1, -0.05) is 89.5 Å². The molecule has 12 unspecified atom stereocenters. The van der Waals surface area contributed by atoms with Crippen LogP contribution in [0.2, 0.25) is 0 Å². The maximum atomic E-state index is 2.47. The molecule has 4 rings (SSSR count). The van der Waals surface area contributed by atoms with Gasteiger partial charge in [0.15, 0.2) is 0 Å². The molecule has 4 aliphatic rings. The van der Waals surface area contributed by atoms with Crippen LogP contribution in [0, 0.1) is 82.9 Å². The summed E-state index contributed by atoms with van der Waals surface area (Å²) in [5.74, 6) is 13.9. The summed E-state index contributed by atoms with van der Waals surface area (Å²) < 4.78 is 0. The van der Waals surface area contributed by atoms with Crippen molar-refractivity contribution in [1.29, 1.82) is 0 Å². The maximum absolute atomic E-state index is 2.47. The van der Waals surface area contributed by atoms with Gasteiger partial charge in [0.1, 0.15) is 0 Å². The van der Waals surface area contributed by atoms with Gasteiger partial charge in [-0.05, 0) is 115 Å². The van der Waals surface area contributed by atoms with Gasteiger partial charge in [0, 0.05) is 0 Å². The van der Waals surface area contributed by atoms with E-state index in [9.17, 15) is 0 Å². The predicted octanol–water partition coefficient (Wildman–Crippen LogP) is 10.2. The molecule has 0 nitrogen and oxygen atoms in total. The minimum Gasteiger partial charge on any atom is -0.0651 e. The fourth-order valence-corrected chi connectivity index (χ4v) is 9.23. The summed E-state index contributed by atoms with van der Waals surface area (Å²) in [6.45, 7) is 29.0. The van der Waals surface area contributed by atoms with Gasteiger partial charge >= 0.3 is 0 Å². The predicted molar refractivity (Wildman–Crippen MR) is 145 cm³/mol. The Morgan fingerprint density at radius 3 is 0.875 bits per heavy atom. The molecule has 0 heterocycles. The summed E-state index contributed by atoms with van der Waals surface area (Å²) in [5.41, 5.74) is 0. The second-order valence-electron chi connectivity index (χ2n) is 14.0. The molecule has 190 valence electrons. The van der Waals surface area contributed by atoms with Crippen LogP contribution in [-0.2, 0) is 0 Å². The Morgan fingerprint density at radius 1 is 0.375 bits per heavy atom. The van der Waals surface area contributed by atoms with Crippen molar-refractivity contribution in [2.24, 2.45) is 82.9 Å². The Balaban J connectivity index is 0.000000171. The van der Waals surface area contributed by atoms with Gasteiger partial charge in [0.2, 0.25) is 0 Å². The smallest absolute Gasteiger partial charge is 0.0329 e. The standard InChI is InChI=1S/C12H22.2C10H20/c1-7-5-8(2)12-10(4)6-9(3)11(7)12;1-7-5-9(3)10(4)6-8(7)2;1-5-10-8(3)6-7(2)9(10)4/h7-12H,5-6H2,1-4H3;2*7-10H,5-6H2,1-4H3. The van der Waals surface area contributed by atoms with Crippen LogP contribution in [0.3, 0.4) is 0 Å². The first kappa shape index (κ1) is 28.2. The third-order valence-corrected chi connectivity index (χ3v) is 11.5. The van der Waals surface area contributed by atoms with E-state index < -0.39 is 0 Å². The zero-order chi connectivity index (χ0) is 24.3. The third kappa shape index (κ3) is 6.56. The summed E-state index contributed by atoms with van der Waals surface area (Å²) in [5, 5.41) is 0. The lowest BCUT2D eigenvalue weighted by atomic mass is 9.71. The summed E-state index contributed by atoms with van der Waals surface area (Å²) >= 11 is 0. The fourth-order valence-electron chi connectivity index (χ4n) is 9.23. The van der Waals surface area contributed by atoms with Crippen LogP contribution in [0.5, 0.6) is 0 Å². The Bertz CT molecular complexity index is 474. The first-order valence-electron chi connectivity index (χ1n) is 14.9. The molecule has 0 saturated heterocycles. The van der Waals surface area contributed by atoms with E-state index in [4.69, 9.17) is 0 Å². The largest absolute Gasteiger partial charge is 0.0651 e. The first-order valence-corrected chi connectivity index (χ1v) is 14.9. The van der Waals surface area contributed by atoms with Crippen LogP contribution in [0.25, 0.3) is 0 Å². The number of hydrogen-bond donors (Lipinski definition) is 0. The van der Waals surface area contributed by atoms with Crippen molar-refractivity contribution >= 4 is 0 Å². The summed E-state index contributed by atoms with van der Waals surface area (Å²) in [6.07, 6.45) is 8.71. The summed E-state index contributed by atoms with van der Waals surface area (Å²) in [7, 11) is 0. The maximum Gasteiger partial charge on any atom is -0.0329 e. The minimum absolute atomic E-state index is 0.964. The normalized spacial score (nSPS) is 52.5. The molecule has 4 saturated carbocycles. The lowest BCUT2D eigenvalue weighted by Crippen LogP contribution is -2.25. The van der Waals surface area contributed by atoms with Crippen molar-refractivity contribution in [3.05, 3.63) is 0 Å². The molecule has 12 atom stereocenters. The summed E-state index contributed by atoms with van der Waals surface area (Å²) in [6, 6.07) is 0. The third-order valence-electron chi connectivity index (χ3n) is 11.5. The average molecular weight is 447 g/mol. The second kappa shape index (κ2) is 12.1. The van der Waals surface area contributed by atoms with E-state index in [1.807, 2.05) is 0 Å². The Morgan fingerprint density at radius 2 is 0.656 bits per heavy atom. The van der Waals surface area contributed by atoms with Gasteiger partial charge in [-0.25, -0.2) is 0 Å². The van der Waals surface area contributed by atoms with Gasteiger partial charge in [-0.3, -0.25) is 0 Å². The molecule has 0 bridgehead atoms. The van der Waals surface area contributed by atoms with Gasteiger partial charge in [0.05, 0.1) is 0 Å². The minimum atomic E-state index is 0.964. The van der Waals surface area contributed by atoms with Crippen molar-refractivity contribution in [3.8, 4) is 0 Å². The van der Waals surface area contributed by atoms with Crippen LogP contribution in [0.15, 0.2) is 0 Å². The van der Waals surface area contributed by atoms with Gasteiger partial charge in [-0.2, -0.15) is 0 Å². The quantitative estimate of drug-likeness (QED) is 0.375. The first-order chi connectivity index (χ1) is 14.9. The highest BCUT2D eigenvalue weighted by Gasteiger charge is 2.48. The van der Waals surface area contributed by atoms with E-state index in [0.717, 1.165) is 82.9 Å². The van der Waals surface area contributed by atoms with Crippen LogP contribution < -0.4 is 0 Å². The molecule has 0 radical (unpaired) electrons. The topological polar surface area (TPSA) is 0 Å². The van der Waals surface area contributed by atoms with E-state index in [2.05, 4.69) is 83.1 Å². The average Bonchev–Trinajstić information content (AvgIpc) is 3.27. The molecule has 0 aromatic carbocycles. The lowest BCUT2D eigenvalue weighted by molar-refractivity contribution is 0.157. The molecule has 32 heavy (non-hydrogen) atoms. The fraction of sp³-hybridized carbons (Fsp3) is 1.00. The van der Waals surface area contributed by atoms with Gasteiger partial charge in [0.25, 0.3) is 0 Å². The molecule has 0 spiro atoms. The van der Waals surface area contributed by atoms with Crippen molar-refractivity contribution in [1.82, 2.24) is 0 Å². The molecular formula is C32H62. The monoisotopic (exact) mass is 446 g/mol. The highest BCUT2D eigenvalue weighted by atomic mass is 14.5. The molecule has 0 heteroatoms. The van der Waals surface area contributed by atoms with Crippen molar-refractivity contribution < 1.29 is 0 Å². The van der Waals surface area contributed by atoms with Crippen LogP contribution in [0.4, 0.5) is 0 Å². The van der Waals surface area contributed by atoms with E-state index in [-0.39, 0.29) is 0 Å². The van der Waals surface area contributed by atoms with E-state index >= 15 is 0 Å². The highest BCUT2D eigenvalue weighted by molar-refractivity contribution is 4.97. The van der Waals surface area contributed by atoms with Crippen molar-refractivity contribution in [2.75, 3.05) is 0 Å². The van der Waals surface area contributed by atoms with Crippen molar-refractivity contribution in [2.45, 2.75) is 122 Å².